The molecule has 0 aliphatic rings. The minimum absolute atomic E-state index is 0.719. The molecule has 0 radical (unpaired) electrons. The van der Waals surface area contributed by atoms with Gasteiger partial charge < -0.3 is 0 Å². The van der Waals surface area contributed by atoms with Gasteiger partial charge in [-0.1, -0.05) is 6.92 Å². The second-order valence-electron chi connectivity index (χ2n) is 2.43. The topological polar surface area (TPSA) is 51.6 Å². The van der Waals surface area contributed by atoms with Crippen molar-refractivity contribution in [3.8, 4) is 0 Å². The first-order valence-electron chi connectivity index (χ1n) is 3.81. The normalized spacial score (nSPS) is 10.4. The van der Waals surface area contributed by atoms with E-state index in [1.807, 2.05) is 0 Å². The van der Waals surface area contributed by atoms with Crippen molar-refractivity contribution in [2.75, 3.05) is 0 Å². The van der Waals surface area contributed by atoms with E-state index in [9.17, 15) is 0 Å². The predicted octanol–water partition coefficient (Wildman–Crippen LogP) is 0.982. The summed E-state index contributed by atoms with van der Waals surface area (Å²) in [5.74, 6) is 0. The van der Waals surface area contributed by atoms with Crippen LogP contribution >= 0.6 is 0 Å². The highest BCUT2D eigenvalue weighted by Crippen LogP contribution is 2.09. The van der Waals surface area contributed by atoms with Crippen LogP contribution in [0.4, 0.5) is 0 Å². The van der Waals surface area contributed by atoms with Crippen LogP contribution in [0.5, 0.6) is 0 Å². The Morgan fingerprint density at radius 1 is 1.17 bits per heavy atom. The van der Waals surface area contributed by atoms with Gasteiger partial charge in [-0.3, -0.25) is 0 Å². The summed E-state index contributed by atoms with van der Waals surface area (Å²) in [6, 6.07) is 0. The maximum atomic E-state index is 4.13. The lowest BCUT2D eigenvalue weighted by Gasteiger charge is -1.98. The summed E-state index contributed by atoms with van der Waals surface area (Å²) >= 11 is 0. The first-order chi connectivity index (χ1) is 5.92. The van der Waals surface area contributed by atoms with Crippen LogP contribution in [0.25, 0.3) is 11.0 Å². The largest absolute Gasteiger partial charge is 0.244 e. The fraction of sp³-hybridized carbons (Fsp3) is 0.250. The number of rotatable bonds is 1. The van der Waals surface area contributed by atoms with Crippen LogP contribution in [-0.2, 0) is 6.42 Å². The van der Waals surface area contributed by atoms with E-state index < -0.39 is 0 Å². The van der Waals surface area contributed by atoms with Gasteiger partial charge in [0.1, 0.15) is 12.7 Å². The highest BCUT2D eigenvalue weighted by molar-refractivity contribution is 5.75. The van der Waals surface area contributed by atoms with Crippen LogP contribution in [0.15, 0.2) is 18.9 Å². The Morgan fingerprint density at radius 3 is 2.83 bits per heavy atom. The molecule has 0 aliphatic heterocycles. The number of aromatic nitrogens is 4. The van der Waals surface area contributed by atoms with Crippen molar-refractivity contribution in [3.05, 3.63) is 24.5 Å². The quantitative estimate of drug-likeness (QED) is 0.624. The van der Waals surface area contributed by atoms with Gasteiger partial charge in [-0.25, -0.2) is 19.9 Å². The molecule has 4 nitrogen and oxygen atoms in total. The molecule has 0 saturated heterocycles. The molecule has 2 heterocycles. The van der Waals surface area contributed by atoms with E-state index in [1.165, 1.54) is 12.7 Å². The molecule has 0 aromatic carbocycles. The third-order valence-electron chi connectivity index (χ3n) is 1.73. The average Bonchev–Trinajstić information content (AvgIpc) is 2.17. The fourth-order valence-corrected chi connectivity index (χ4v) is 1.13. The lowest BCUT2D eigenvalue weighted by atomic mass is 10.2. The standard InChI is InChI=1S/C8H8N4/c1-2-7-6-3-9-4-11-8(6)12-5-10-7/h3-5H,2H2,1H3. The number of hydrogen-bond donors (Lipinski definition) is 0. The SMILES string of the molecule is CCc1ncnc2ncncc12. The number of hydrogen-bond acceptors (Lipinski definition) is 4. The van der Waals surface area contributed by atoms with Crippen molar-refractivity contribution in [2.24, 2.45) is 0 Å². The summed E-state index contributed by atoms with van der Waals surface area (Å²) in [5, 5.41) is 0.947. The summed E-state index contributed by atoms with van der Waals surface area (Å²) in [4.78, 5) is 16.1. The zero-order chi connectivity index (χ0) is 8.39. The minimum Gasteiger partial charge on any atom is -0.244 e. The average molecular weight is 160 g/mol. The highest BCUT2D eigenvalue weighted by atomic mass is 14.9. The molecule has 2 aromatic rings. The molecule has 12 heavy (non-hydrogen) atoms. The van der Waals surface area contributed by atoms with Gasteiger partial charge in [0.05, 0.1) is 11.1 Å². The first-order valence-corrected chi connectivity index (χ1v) is 3.81. The molecule has 0 saturated carbocycles. The Morgan fingerprint density at radius 2 is 2.00 bits per heavy atom. The van der Waals surface area contributed by atoms with Gasteiger partial charge in [-0.15, -0.1) is 0 Å². The van der Waals surface area contributed by atoms with Gasteiger partial charge in [0.15, 0.2) is 5.65 Å². The number of nitrogens with zero attached hydrogens (tertiary/aromatic N) is 4. The Bertz CT molecular complexity index is 394. The van der Waals surface area contributed by atoms with Crippen molar-refractivity contribution in [1.29, 1.82) is 0 Å². The third kappa shape index (κ3) is 1.01. The Hall–Kier alpha value is -1.58. The summed E-state index contributed by atoms with van der Waals surface area (Å²) < 4.78 is 0. The molecular formula is C8H8N4. The molecule has 0 unspecified atom stereocenters. The van der Waals surface area contributed by atoms with Crippen LogP contribution in [-0.4, -0.2) is 19.9 Å². The van der Waals surface area contributed by atoms with Gasteiger partial charge in [0.2, 0.25) is 0 Å². The molecule has 2 aromatic heterocycles. The number of aryl methyl sites for hydroxylation is 1. The number of fused-ring (bicyclic) bond motifs is 1. The molecule has 0 bridgehead atoms. The molecule has 0 N–H and O–H groups in total. The summed E-state index contributed by atoms with van der Waals surface area (Å²) in [6.45, 7) is 2.05. The third-order valence-corrected chi connectivity index (χ3v) is 1.73. The molecule has 0 spiro atoms. The second-order valence-corrected chi connectivity index (χ2v) is 2.43. The van der Waals surface area contributed by atoms with E-state index in [0.29, 0.717) is 0 Å². The van der Waals surface area contributed by atoms with Crippen LogP contribution < -0.4 is 0 Å². The van der Waals surface area contributed by atoms with Gasteiger partial charge in [-0.2, -0.15) is 0 Å². The van der Waals surface area contributed by atoms with E-state index in [4.69, 9.17) is 0 Å². The predicted molar refractivity (Wildman–Crippen MR) is 44.5 cm³/mol. The van der Waals surface area contributed by atoms with Crippen molar-refractivity contribution < 1.29 is 0 Å². The van der Waals surface area contributed by atoms with Crippen molar-refractivity contribution in [1.82, 2.24) is 19.9 Å². The van der Waals surface area contributed by atoms with E-state index in [0.717, 1.165) is 23.1 Å². The fourth-order valence-electron chi connectivity index (χ4n) is 1.13. The molecular weight excluding hydrogens is 152 g/mol. The molecule has 0 amide bonds. The molecule has 60 valence electrons. The zero-order valence-electron chi connectivity index (χ0n) is 6.73. The Balaban J connectivity index is 2.79. The lowest BCUT2D eigenvalue weighted by molar-refractivity contribution is 1.01. The summed E-state index contributed by atoms with van der Waals surface area (Å²) in [7, 11) is 0. The van der Waals surface area contributed by atoms with E-state index >= 15 is 0 Å². The van der Waals surface area contributed by atoms with E-state index in [1.54, 1.807) is 6.20 Å². The zero-order valence-corrected chi connectivity index (χ0v) is 6.73. The Labute approximate surface area is 69.7 Å². The molecule has 0 atom stereocenters. The van der Waals surface area contributed by atoms with Gasteiger partial charge in [0, 0.05) is 6.20 Å². The van der Waals surface area contributed by atoms with Crippen LogP contribution in [0.1, 0.15) is 12.6 Å². The first kappa shape index (κ1) is 7.09. The van der Waals surface area contributed by atoms with Crippen LogP contribution in [0.2, 0.25) is 0 Å². The molecule has 0 aliphatic carbocycles. The van der Waals surface area contributed by atoms with Crippen LogP contribution in [0.3, 0.4) is 0 Å². The highest BCUT2D eigenvalue weighted by Gasteiger charge is 2.00. The molecule has 0 fully saturated rings. The summed E-state index contributed by atoms with van der Waals surface area (Å²) in [5.41, 5.74) is 1.72. The maximum absolute atomic E-state index is 4.13. The van der Waals surface area contributed by atoms with E-state index in [2.05, 4.69) is 26.9 Å². The maximum Gasteiger partial charge on any atom is 0.166 e. The Kier molecular flexibility index (Phi) is 1.66. The van der Waals surface area contributed by atoms with Crippen molar-refractivity contribution >= 4 is 11.0 Å². The minimum atomic E-state index is 0.719. The molecule has 4 heteroatoms. The molecule has 2 rings (SSSR count). The van der Waals surface area contributed by atoms with Crippen LogP contribution in [0, 0.1) is 0 Å². The van der Waals surface area contributed by atoms with Gasteiger partial charge in [0.25, 0.3) is 0 Å². The monoisotopic (exact) mass is 160 g/mol. The van der Waals surface area contributed by atoms with Gasteiger partial charge >= 0.3 is 0 Å². The van der Waals surface area contributed by atoms with E-state index in [-0.39, 0.29) is 0 Å². The van der Waals surface area contributed by atoms with Crippen molar-refractivity contribution in [2.45, 2.75) is 13.3 Å². The smallest absolute Gasteiger partial charge is 0.166 e. The van der Waals surface area contributed by atoms with Gasteiger partial charge in [-0.05, 0) is 6.42 Å². The second kappa shape index (κ2) is 2.81. The van der Waals surface area contributed by atoms with Crippen molar-refractivity contribution in [3.63, 3.8) is 0 Å². The summed E-state index contributed by atoms with van der Waals surface area (Å²) in [6.07, 6.45) is 5.66. The lowest BCUT2D eigenvalue weighted by Crippen LogP contribution is -1.93.